The summed E-state index contributed by atoms with van der Waals surface area (Å²) in [5, 5.41) is 17.0. The van der Waals surface area contributed by atoms with Gasteiger partial charge in [-0.15, -0.1) is 0 Å². The van der Waals surface area contributed by atoms with Gasteiger partial charge >= 0.3 is 5.97 Å². The number of carboxylic acids is 1. The fourth-order valence-corrected chi connectivity index (χ4v) is 1.96. The molecule has 0 aliphatic rings. The summed E-state index contributed by atoms with van der Waals surface area (Å²) in [4.78, 5) is 25.0. The van der Waals surface area contributed by atoms with E-state index in [1.165, 1.54) is 28.8 Å². The van der Waals surface area contributed by atoms with Crippen molar-refractivity contribution in [2.45, 2.75) is 19.5 Å². The van der Waals surface area contributed by atoms with E-state index >= 15 is 0 Å². The van der Waals surface area contributed by atoms with Crippen LogP contribution in [0.1, 0.15) is 29.1 Å². The second kappa shape index (κ2) is 5.78. The van der Waals surface area contributed by atoms with Crippen LogP contribution in [0.25, 0.3) is 0 Å². The fraction of sp³-hybridized carbons (Fsp3) is 0.385. The molecule has 2 rings (SSSR count). The summed E-state index contributed by atoms with van der Waals surface area (Å²) in [6.07, 6.45) is 3.08. The highest BCUT2D eigenvalue weighted by molar-refractivity contribution is 5.92. The normalized spacial score (nSPS) is 12.1. The van der Waals surface area contributed by atoms with Gasteiger partial charge in [-0.3, -0.25) is 9.48 Å². The molecule has 1 amide bonds. The summed E-state index contributed by atoms with van der Waals surface area (Å²) in [5.74, 6) is -1.33. The van der Waals surface area contributed by atoms with E-state index in [1.807, 2.05) is 6.07 Å². The molecule has 1 atom stereocenters. The lowest BCUT2D eigenvalue weighted by molar-refractivity contribution is -0.140. The molecule has 0 aliphatic carbocycles. The van der Waals surface area contributed by atoms with Gasteiger partial charge in [-0.1, -0.05) is 0 Å². The van der Waals surface area contributed by atoms with Crippen LogP contribution in [0, 0.1) is 0 Å². The number of amides is 1. The Bertz CT molecular complexity index is 660. The van der Waals surface area contributed by atoms with Gasteiger partial charge in [0.05, 0.1) is 12.2 Å². The van der Waals surface area contributed by atoms with E-state index in [-0.39, 0.29) is 11.6 Å². The van der Waals surface area contributed by atoms with Gasteiger partial charge in [-0.25, -0.2) is 9.48 Å². The van der Waals surface area contributed by atoms with E-state index in [1.54, 1.807) is 25.0 Å². The standard InChI is InChI=1S/C13H17N5O3/c1-9(13(20)21)18-11(5-7-15-18)12(19)16(2)8-10-4-6-14-17(10)3/h4-7,9H,8H2,1-3H3,(H,20,21). The zero-order valence-electron chi connectivity index (χ0n) is 12.1. The Morgan fingerprint density at radius 1 is 1.33 bits per heavy atom. The van der Waals surface area contributed by atoms with Crippen molar-refractivity contribution in [3.8, 4) is 0 Å². The van der Waals surface area contributed by atoms with Crippen molar-refractivity contribution in [2.75, 3.05) is 7.05 Å². The van der Waals surface area contributed by atoms with Crippen LogP contribution in [0.3, 0.4) is 0 Å². The Morgan fingerprint density at radius 3 is 2.57 bits per heavy atom. The molecule has 0 bridgehead atoms. The van der Waals surface area contributed by atoms with Gasteiger partial charge in [0, 0.05) is 26.5 Å². The molecule has 2 aromatic rings. The van der Waals surface area contributed by atoms with E-state index in [4.69, 9.17) is 5.11 Å². The topological polar surface area (TPSA) is 93.2 Å². The second-order valence-electron chi connectivity index (χ2n) is 4.78. The summed E-state index contributed by atoms with van der Waals surface area (Å²) in [6.45, 7) is 1.86. The Hall–Kier alpha value is -2.64. The summed E-state index contributed by atoms with van der Waals surface area (Å²) in [7, 11) is 3.45. The third-order valence-electron chi connectivity index (χ3n) is 3.28. The van der Waals surface area contributed by atoms with Gasteiger partial charge in [0.2, 0.25) is 0 Å². The smallest absolute Gasteiger partial charge is 0.328 e. The summed E-state index contributed by atoms with van der Waals surface area (Å²) in [6, 6.07) is 2.44. The minimum atomic E-state index is -1.04. The maximum atomic E-state index is 12.4. The number of carboxylic acid groups (broad SMARTS) is 1. The molecule has 0 spiro atoms. The Labute approximate surface area is 121 Å². The molecule has 0 aliphatic heterocycles. The first-order valence-electron chi connectivity index (χ1n) is 6.40. The molecule has 21 heavy (non-hydrogen) atoms. The van der Waals surface area contributed by atoms with Crippen molar-refractivity contribution in [3.63, 3.8) is 0 Å². The summed E-state index contributed by atoms with van der Waals surface area (Å²) >= 11 is 0. The van der Waals surface area contributed by atoms with Crippen molar-refractivity contribution < 1.29 is 14.7 Å². The lowest BCUT2D eigenvalue weighted by Gasteiger charge is -2.19. The predicted octanol–water partition coefficient (Wildman–Crippen LogP) is 0.534. The number of aryl methyl sites for hydroxylation is 1. The number of hydrogen-bond donors (Lipinski definition) is 1. The number of nitrogens with zero attached hydrogens (tertiary/aromatic N) is 5. The number of aromatic nitrogens is 4. The minimum Gasteiger partial charge on any atom is -0.480 e. The van der Waals surface area contributed by atoms with Gasteiger partial charge in [0.15, 0.2) is 0 Å². The molecule has 1 N–H and O–H groups in total. The number of rotatable bonds is 5. The molecule has 2 heterocycles. The maximum Gasteiger partial charge on any atom is 0.328 e. The third-order valence-corrected chi connectivity index (χ3v) is 3.28. The molecular formula is C13H17N5O3. The Kier molecular flexibility index (Phi) is 4.06. The Balaban J connectivity index is 2.19. The third kappa shape index (κ3) is 2.93. The lowest BCUT2D eigenvalue weighted by atomic mass is 10.3. The monoisotopic (exact) mass is 291 g/mol. The first kappa shape index (κ1) is 14.8. The average Bonchev–Trinajstić information content (AvgIpc) is 3.06. The molecule has 8 nitrogen and oxygen atoms in total. The van der Waals surface area contributed by atoms with Crippen molar-refractivity contribution in [3.05, 3.63) is 35.9 Å². The number of hydrogen-bond acceptors (Lipinski definition) is 4. The van der Waals surface area contributed by atoms with E-state index < -0.39 is 12.0 Å². The molecule has 0 aromatic carbocycles. The van der Waals surface area contributed by atoms with E-state index in [9.17, 15) is 9.59 Å². The van der Waals surface area contributed by atoms with Crippen LogP contribution in [0.5, 0.6) is 0 Å². The highest BCUT2D eigenvalue weighted by atomic mass is 16.4. The van der Waals surface area contributed by atoms with Gasteiger partial charge in [-0.2, -0.15) is 10.2 Å². The molecule has 0 saturated carbocycles. The SMILES string of the molecule is CC(C(=O)O)n1nccc1C(=O)N(C)Cc1ccnn1C. The molecule has 2 aromatic heterocycles. The van der Waals surface area contributed by atoms with Crippen molar-refractivity contribution in [1.29, 1.82) is 0 Å². The maximum absolute atomic E-state index is 12.4. The highest BCUT2D eigenvalue weighted by Crippen LogP contribution is 2.12. The molecule has 0 fully saturated rings. The minimum absolute atomic E-state index is 0.245. The fourth-order valence-electron chi connectivity index (χ4n) is 1.96. The molecule has 0 radical (unpaired) electrons. The van der Waals surface area contributed by atoms with E-state index in [0.717, 1.165) is 5.69 Å². The quantitative estimate of drug-likeness (QED) is 0.867. The van der Waals surface area contributed by atoms with Crippen LogP contribution in [-0.4, -0.2) is 48.5 Å². The van der Waals surface area contributed by atoms with Crippen LogP contribution < -0.4 is 0 Å². The number of aliphatic carboxylic acids is 1. The van der Waals surface area contributed by atoms with Gasteiger partial charge in [0.25, 0.3) is 5.91 Å². The van der Waals surface area contributed by atoms with E-state index in [2.05, 4.69) is 10.2 Å². The predicted molar refractivity (Wildman–Crippen MR) is 73.6 cm³/mol. The zero-order valence-corrected chi connectivity index (χ0v) is 12.1. The number of carbonyl (C=O) groups excluding carboxylic acids is 1. The Morgan fingerprint density at radius 2 is 2.00 bits per heavy atom. The van der Waals surface area contributed by atoms with Crippen molar-refractivity contribution >= 4 is 11.9 Å². The van der Waals surface area contributed by atoms with Crippen LogP contribution in [0.4, 0.5) is 0 Å². The summed E-state index contributed by atoms with van der Waals surface area (Å²) in [5.41, 5.74) is 1.12. The average molecular weight is 291 g/mol. The second-order valence-corrected chi connectivity index (χ2v) is 4.78. The van der Waals surface area contributed by atoms with E-state index in [0.29, 0.717) is 6.54 Å². The lowest BCUT2D eigenvalue weighted by Crippen LogP contribution is -2.31. The zero-order chi connectivity index (χ0) is 15.6. The largest absolute Gasteiger partial charge is 0.480 e. The van der Waals surface area contributed by atoms with Crippen LogP contribution in [0.15, 0.2) is 24.5 Å². The first-order valence-corrected chi connectivity index (χ1v) is 6.40. The van der Waals surface area contributed by atoms with Crippen molar-refractivity contribution in [2.24, 2.45) is 7.05 Å². The molecule has 112 valence electrons. The summed E-state index contributed by atoms with van der Waals surface area (Å²) < 4.78 is 2.89. The van der Waals surface area contributed by atoms with Gasteiger partial charge < -0.3 is 10.0 Å². The van der Waals surface area contributed by atoms with Crippen LogP contribution >= 0.6 is 0 Å². The molecular weight excluding hydrogens is 274 g/mol. The van der Waals surface area contributed by atoms with Gasteiger partial charge in [0.1, 0.15) is 11.7 Å². The van der Waals surface area contributed by atoms with Crippen molar-refractivity contribution in [1.82, 2.24) is 24.5 Å². The molecule has 1 unspecified atom stereocenters. The molecule has 0 saturated heterocycles. The van der Waals surface area contributed by atoms with Crippen LogP contribution in [-0.2, 0) is 18.4 Å². The van der Waals surface area contributed by atoms with Gasteiger partial charge in [-0.05, 0) is 19.1 Å². The van der Waals surface area contributed by atoms with Crippen LogP contribution in [0.2, 0.25) is 0 Å². The first-order chi connectivity index (χ1) is 9.91. The number of carbonyl (C=O) groups is 2. The molecule has 8 heteroatoms. The highest BCUT2D eigenvalue weighted by Gasteiger charge is 2.23.